The van der Waals surface area contributed by atoms with Crippen LogP contribution in [-0.2, 0) is 16.6 Å². The number of hydrogen-bond acceptors (Lipinski definition) is 4. The Morgan fingerprint density at radius 3 is 2.52 bits per heavy atom. The Labute approximate surface area is 132 Å². The minimum atomic E-state index is -3.62. The fourth-order valence-corrected chi connectivity index (χ4v) is 4.26. The molecule has 0 radical (unpaired) electrons. The topological polar surface area (TPSA) is 85.1 Å². The highest BCUT2D eigenvalue weighted by Crippen LogP contribution is 2.25. The van der Waals surface area contributed by atoms with E-state index in [-0.39, 0.29) is 10.9 Å². The largest absolute Gasteiger partial charge is 0.326 e. The number of benzene rings is 1. The molecule has 0 saturated carbocycles. The van der Waals surface area contributed by atoms with Gasteiger partial charge in [-0.3, -0.25) is 4.98 Å². The van der Waals surface area contributed by atoms with Crippen molar-refractivity contribution in [1.82, 2.24) is 9.71 Å². The van der Waals surface area contributed by atoms with Crippen LogP contribution in [0.25, 0.3) is 0 Å². The van der Waals surface area contributed by atoms with Crippen LogP contribution in [0.15, 0.2) is 52.1 Å². The van der Waals surface area contributed by atoms with E-state index < -0.39 is 10.0 Å². The number of nitrogens with one attached hydrogen (secondary N) is 1. The number of aromatic nitrogens is 1. The Morgan fingerprint density at radius 1 is 1.29 bits per heavy atom. The van der Waals surface area contributed by atoms with Crippen LogP contribution in [0, 0.1) is 0 Å². The lowest BCUT2D eigenvalue weighted by atomic mass is 10.1. The van der Waals surface area contributed by atoms with Gasteiger partial charge >= 0.3 is 0 Å². The van der Waals surface area contributed by atoms with E-state index in [2.05, 4.69) is 25.6 Å². The minimum absolute atomic E-state index is 0.195. The minimum Gasteiger partial charge on any atom is -0.326 e. The van der Waals surface area contributed by atoms with Crippen molar-refractivity contribution in [3.05, 3.63) is 58.3 Å². The zero-order valence-electron chi connectivity index (χ0n) is 11.5. The molecular weight excluding hydrogens is 354 g/mol. The van der Waals surface area contributed by atoms with Gasteiger partial charge in [0.25, 0.3) is 0 Å². The first-order valence-corrected chi connectivity index (χ1v) is 8.62. The van der Waals surface area contributed by atoms with Gasteiger partial charge in [0.2, 0.25) is 10.0 Å². The van der Waals surface area contributed by atoms with Gasteiger partial charge in [-0.05, 0) is 58.2 Å². The van der Waals surface area contributed by atoms with E-state index in [1.165, 1.54) is 0 Å². The maximum absolute atomic E-state index is 12.4. The number of nitrogens with zero attached hydrogens (tertiary/aromatic N) is 1. The molecule has 0 aliphatic rings. The van der Waals surface area contributed by atoms with Crippen LogP contribution in [0.2, 0.25) is 0 Å². The summed E-state index contributed by atoms with van der Waals surface area (Å²) in [6.45, 7) is 2.15. The highest BCUT2D eigenvalue weighted by molar-refractivity contribution is 9.10. The highest BCUT2D eigenvalue weighted by atomic mass is 79.9. The molecule has 3 N–H and O–H groups in total. The van der Waals surface area contributed by atoms with E-state index >= 15 is 0 Å². The fourth-order valence-electron chi connectivity index (χ4n) is 1.91. The van der Waals surface area contributed by atoms with Crippen molar-refractivity contribution in [2.45, 2.75) is 24.4 Å². The lowest BCUT2D eigenvalue weighted by molar-refractivity contribution is 0.566. The second-order valence-electron chi connectivity index (χ2n) is 4.59. The fraction of sp³-hybridized carbons (Fsp3) is 0.214. The van der Waals surface area contributed by atoms with E-state index in [1.54, 1.807) is 49.6 Å². The van der Waals surface area contributed by atoms with E-state index in [1.807, 2.05) is 0 Å². The predicted octanol–water partition coefficient (Wildman–Crippen LogP) is 2.34. The Balaban J connectivity index is 2.26. The first kappa shape index (κ1) is 16.1. The number of sulfonamides is 1. The van der Waals surface area contributed by atoms with Crippen molar-refractivity contribution < 1.29 is 8.42 Å². The van der Waals surface area contributed by atoms with Crippen LogP contribution in [0.3, 0.4) is 0 Å². The molecule has 0 aliphatic carbocycles. The average Bonchev–Trinajstić information content (AvgIpc) is 2.47. The molecule has 0 spiro atoms. The molecule has 0 saturated heterocycles. The Kier molecular flexibility index (Phi) is 5.10. The third kappa shape index (κ3) is 3.88. The van der Waals surface area contributed by atoms with Crippen molar-refractivity contribution in [3.8, 4) is 0 Å². The molecule has 7 heteroatoms. The summed E-state index contributed by atoms with van der Waals surface area (Å²) in [5.41, 5.74) is 7.26. The molecule has 0 aliphatic heterocycles. The Hall–Kier alpha value is -1.28. The van der Waals surface area contributed by atoms with Crippen LogP contribution in [0.1, 0.15) is 24.1 Å². The SMILES string of the molecule is CC(NS(=O)(=O)c1ccc(CN)cc1Br)c1ccncc1. The molecule has 1 unspecified atom stereocenters. The van der Waals surface area contributed by atoms with Gasteiger partial charge in [-0.2, -0.15) is 0 Å². The molecular formula is C14H16BrN3O2S. The maximum Gasteiger partial charge on any atom is 0.242 e. The summed E-state index contributed by atoms with van der Waals surface area (Å²) < 4.78 is 28.0. The molecule has 1 heterocycles. The number of nitrogens with two attached hydrogens (primary N) is 1. The van der Waals surface area contributed by atoms with Crippen LogP contribution in [-0.4, -0.2) is 13.4 Å². The van der Waals surface area contributed by atoms with Crippen LogP contribution in [0.4, 0.5) is 0 Å². The molecule has 21 heavy (non-hydrogen) atoms. The smallest absolute Gasteiger partial charge is 0.242 e. The number of halogens is 1. The summed E-state index contributed by atoms with van der Waals surface area (Å²) in [4.78, 5) is 4.11. The van der Waals surface area contributed by atoms with E-state index in [9.17, 15) is 8.42 Å². The third-order valence-corrected chi connectivity index (χ3v) is 5.58. The normalized spacial score (nSPS) is 13.1. The summed E-state index contributed by atoms with van der Waals surface area (Å²) in [7, 11) is -3.62. The molecule has 0 bridgehead atoms. The molecule has 0 amide bonds. The van der Waals surface area contributed by atoms with Gasteiger partial charge < -0.3 is 5.73 Å². The number of rotatable bonds is 5. The van der Waals surface area contributed by atoms with Crippen molar-refractivity contribution >= 4 is 26.0 Å². The van der Waals surface area contributed by atoms with Crippen molar-refractivity contribution in [2.75, 3.05) is 0 Å². The predicted molar refractivity (Wildman–Crippen MR) is 85.0 cm³/mol. The Bertz CT molecular complexity index is 720. The van der Waals surface area contributed by atoms with Gasteiger partial charge in [-0.25, -0.2) is 13.1 Å². The van der Waals surface area contributed by atoms with Gasteiger partial charge in [-0.15, -0.1) is 0 Å². The molecule has 112 valence electrons. The van der Waals surface area contributed by atoms with Crippen molar-refractivity contribution in [2.24, 2.45) is 5.73 Å². The number of pyridine rings is 1. The summed E-state index contributed by atoms with van der Waals surface area (Å²) in [6.07, 6.45) is 3.26. The Morgan fingerprint density at radius 2 is 1.95 bits per heavy atom. The van der Waals surface area contributed by atoms with Gasteiger partial charge in [0.15, 0.2) is 0 Å². The van der Waals surface area contributed by atoms with E-state index in [4.69, 9.17) is 5.73 Å². The lowest BCUT2D eigenvalue weighted by Gasteiger charge is -2.15. The molecule has 0 fully saturated rings. The van der Waals surface area contributed by atoms with Gasteiger partial charge in [0.1, 0.15) is 0 Å². The first-order valence-electron chi connectivity index (χ1n) is 6.35. The molecule has 1 aromatic carbocycles. The summed E-state index contributed by atoms with van der Waals surface area (Å²) in [6, 6.07) is 8.18. The molecule has 2 aromatic rings. The molecule has 2 rings (SSSR count). The average molecular weight is 370 g/mol. The van der Waals surface area contributed by atoms with Gasteiger partial charge in [0.05, 0.1) is 4.90 Å². The molecule has 5 nitrogen and oxygen atoms in total. The lowest BCUT2D eigenvalue weighted by Crippen LogP contribution is -2.27. The quantitative estimate of drug-likeness (QED) is 0.846. The van der Waals surface area contributed by atoms with Crippen LogP contribution >= 0.6 is 15.9 Å². The van der Waals surface area contributed by atoms with Gasteiger partial charge in [-0.1, -0.05) is 6.07 Å². The standard InChI is InChI=1S/C14H16BrN3O2S/c1-10(12-4-6-17-7-5-12)18-21(19,20)14-3-2-11(9-16)8-13(14)15/h2-8,10,18H,9,16H2,1H3. The molecule has 1 aromatic heterocycles. The summed E-state index contributed by atoms with van der Waals surface area (Å²) in [5, 5.41) is 0. The zero-order chi connectivity index (χ0) is 15.5. The third-order valence-electron chi connectivity index (χ3n) is 3.06. The summed E-state index contributed by atoms with van der Waals surface area (Å²) >= 11 is 3.29. The van der Waals surface area contributed by atoms with Crippen molar-refractivity contribution in [3.63, 3.8) is 0 Å². The van der Waals surface area contributed by atoms with E-state index in [0.29, 0.717) is 11.0 Å². The molecule has 1 atom stereocenters. The summed E-state index contributed by atoms with van der Waals surface area (Å²) in [5.74, 6) is 0. The zero-order valence-corrected chi connectivity index (χ0v) is 13.9. The van der Waals surface area contributed by atoms with Crippen LogP contribution in [0.5, 0.6) is 0 Å². The van der Waals surface area contributed by atoms with Crippen molar-refractivity contribution in [1.29, 1.82) is 0 Å². The second kappa shape index (κ2) is 6.65. The van der Waals surface area contributed by atoms with Crippen LogP contribution < -0.4 is 10.5 Å². The maximum atomic E-state index is 12.4. The first-order chi connectivity index (χ1) is 9.94. The highest BCUT2D eigenvalue weighted by Gasteiger charge is 2.21. The second-order valence-corrected chi connectivity index (χ2v) is 7.13. The number of hydrogen-bond donors (Lipinski definition) is 2. The monoisotopic (exact) mass is 369 g/mol. The van der Waals surface area contributed by atoms with Gasteiger partial charge in [0, 0.05) is 29.5 Å². The van der Waals surface area contributed by atoms with E-state index in [0.717, 1.165) is 11.1 Å².